The predicted octanol–water partition coefficient (Wildman–Crippen LogP) is 1.82. The van der Waals surface area contributed by atoms with Crippen LogP contribution in [0.2, 0.25) is 5.15 Å². The van der Waals surface area contributed by atoms with Crippen LogP contribution in [0.15, 0.2) is 41.5 Å². The van der Waals surface area contributed by atoms with E-state index in [4.69, 9.17) is 16.9 Å². The molecule has 0 aliphatic heterocycles. The first-order valence-corrected chi connectivity index (χ1v) is 5.28. The molecular weight excluding hydrogens is 238 g/mol. The van der Waals surface area contributed by atoms with Gasteiger partial charge in [-0.15, -0.1) is 0 Å². The molecule has 0 N–H and O–H groups in total. The Bertz CT molecular complexity index is 625. The Morgan fingerprint density at radius 1 is 1.35 bits per heavy atom. The van der Waals surface area contributed by atoms with Crippen LogP contribution in [0.1, 0.15) is 11.1 Å². The predicted molar refractivity (Wildman–Crippen MR) is 63.8 cm³/mol. The molecule has 5 heteroatoms. The van der Waals surface area contributed by atoms with E-state index in [1.807, 2.05) is 6.07 Å². The molecule has 1 heterocycles. The molecular formula is C12H8ClN3O. The Labute approximate surface area is 103 Å². The Morgan fingerprint density at radius 2 is 2.06 bits per heavy atom. The number of hydrogen-bond donors (Lipinski definition) is 0. The molecule has 2 aromatic rings. The Hall–Kier alpha value is -2.12. The van der Waals surface area contributed by atoms with Crippen molar-refractivity contribution in [2.24, 2.45) is 0 Å². The number of benzene rings is 1. The zero-order chi connectivity index (χ0) is 12.3. The van der Waals surface area contributed by atoms with Gasteiger partial charge in [0, 0.05) is 6.07 Å². The molecule has 0 aliphatic carbocycles. The maximum absolute atomic E-state index is 11.6. The minimum atomic E-state index is -0.200. The van der Waals surface area contributed by atoms with Crippen molar-refractivity contribution in [1.29, 1.82) is 5.26 Å². The maximum atomic E-state index is 11.6. The monoisotopic (exact) mass is 245 g/mol. The standard InChI is InChI=1S/C12H8ClN3O/c13-11-5-12(17)16(8-15-11)7-10-3-1-9(6-14)2-4-10/h1-5,8H,7H2. The zero-order valence-corrected chi connectivity index (χ0v) is 9.55. The van der Waals surface area contributed by atoms with Crippen LogP contribution in [-0.2, 0) is 6.54 Å². The van der Waals surface area contributed by atoms with E-state index >= 15 is 0 Å². The van der Waals surface area contributed by atoms with Gasteiger partial charge in [0.2, 0.25) is 0 Å². The highest BCUT2D eigenvalue weighted by molar-refractivity contribution is 6.29. The van der Waals surface area contributed by atoms with Gasteiger partial charge in [-0.2, -0.15) is 5.26 Å². The first-order valence-electron chi connectivity index (χ1n) is 4.90. The van der Waals surface area contributed by atoms with Crippen LogP contribution in [0.25, 0.3) is 0 Å². The minimum Gasteiger partial charge on any atom is -0.295 e. The fourth-order valence-corrected chi connectivity index (χ4v) is 1.54. The highest BCUT2D eigenvalue weighted by Crippen LogP contribution is 2.05. The van der Waals surface area contributed by atoms with Gasteiger partial charge in [-0.25, -0.2) is 4.98 Å². The highest BCUT2D eigenvalue weighted by Gasteiger charge is 2.00. The molecule has 0 spiro atoms. The van der Waals surface area contributed by atoms with Gasteiger partial charge in [-0.05, 0) is 17.7 Å². The quantitative estimate of drug-likeness (QED) is 0.759. The molecule has 0 bridgehead atoms. The van der Waals surface area contributed by atoms with Gasteiger partial charge < -0.3 is 0 Å². The third kappa shape index (κ3) is 2.71. The Morgan fingerprint density at radius 3 is 2.65 bits per heavy atom. The van der Waals surface area contributed by atoms with Crippen molar-refractivity contribution < 1.29 is 0 Å². The lowest BCUT2D eigenvalue weighted by Gasteiger charge is -2.04. The number of hydrogen-bond acceptors (Lipinski definition) is 3. The van der Waals surface area contributed by atoms with E-state index in [1.54, 1.807) is 24.3 Å². The molecule has 4 nitrogen and oxygen atoms in total. The molecule has 0 unspecified atom stereocenters. The molecule has 0 fully saturated rings. The molecule has 0 aliphatic rings. The largest absolute Gasteiger partial charge is 0.295 e. The molecule has 1 aromatic carbocycles. The van der Waals surface area contributed by atoms with Gasteiger partial charge in [0.15, 0.2) is 0 Å². The van der Waals surface area contributed by atoms with Crippen LogP contribution < -0.4 is 5.56 Å². The SMILES string of the molecule is N#Cc1ccc(Cn2cnc(Cl)cc2=O)cc1. The van der Waals surface area contributed by atoms with E-state index in [9.17, 15) is 4.79 Å². The molecule has 0 saturated heterocycles. The third-order valence-electron chi connectivity index (χ3n) is 2.28. The van der Waals surface area contributed by atoms with E-state index in [0.717, 1.165) is 5.56 Å². The van der Waals surface area contributed by atoms with Gasteiger partial charge in [-0.3, -0.25) is 9.36 Å². The van der Waals surface area contributed by atoms with Crippen molar-refractivity contribution in [3.8, 4) is 6.07 Å². The first kappa shape index (κ1) is 11.4. The second-order valence-electron chi connectivity index (χ2n) is 3.49. The average Bonchev–Trinajstić information content (AvgIpc) is 2.34. The molecule has 0 saturated carbocycles. The van der Waals surface area contributed by atoms with Crippen molar-refractivity contribution >= 4 is 11.6 Å². The van der Waals surface area contributed by atoms with Crippen LogP contribution in [0, 0.1) is 11.3 Å². The zero-order valence-electron chi connectivity index (χ0n) is 8.80. The second-order valence-corrected chi connectivity index (χ2v) is 3.87. The molecule has 0 atom stereocenters. The molecule has 1 aromatic heterocycles. The second kappa shape index (κ2) is 4.81. The van der Waals surface area contributed by atoms with Crippen molar-refractivity contribution in [2.45, 2.75) is 6.54 Å². The summed E-state index contributed by atoms with van der Waals surface area (Å²) in [6.45, 7) is 0.411. The highest BCUT2D eigenvalue weighted by atomic mass is 35.5. The van der Waals surface area contributed by atoms with Gasteiger partial charge in [0.05, 0.1) is 24.5 Å². The van der Waals surface area contributed by atoms with Crippen LogP contribution in [0.5, 0.6) is 0 Å². The van der Waals surface area contributed by atoms with Crippen molar-refractivity contribution in [3.05, 3.63) is 63.3 Å². The molecule has 0 radical (unpaired) electrons. The van der Waals surface area contributed by atoms with Crippen LogP contribution in [-0.4, -0.2) is 9.55 Å². The summed E-state index contributed by atoms with van der Waals surface area (Å²) < 4.78 is 1.45. The van der Waals surface area contributed by atoms with Crippen molar-refractivity contribution in [2.75, 3.05) is 0 Å². The number of halogens is 1. The fraction of sp³-hybridized carbons (Fsp3) is 0.0833. The summed E-state index contributed by atoms with van der Waals surface area (Å²) in [5.41, 5.74) is 1.32. The smallest absolute Gasteiger partial charge is 0.255 e. The van der Waals surface area contributed by atoms with E-state index < -0.39 is 0 Å². The van der Waals surface area contributed by atoms with Gasteiger partial charge in [-0.1, -0.05) is 23.7 Å². The Kier molecular flexibility index (Phi) is 3.22. The van der Waals surface area contributed by atoms with Crippen LogP contribution in [0.3, 0.4) is 0 Å². The first-order chi connectivity index (χ1) is 8.19. The third-order valence-corrected chi connectivity index (χ3v) is 2.49. The van der Waals surface area contributed by atoms with E-state index in [-0.39, 0.29) is 10.7 Å². The maximum Gasteiger partial charge on any atom is 0.255 e. The number of nitriles is 1. The summed E-state index contributed by atoms with van der Waals surface area (Å²) in [7, 11) is 0. The van der Waals surface area contributed by atoms with Crippen LogP contribution >= 0.6 is 11.6 Å². The van der Waals surface area contributed by atoms with Gasteiger partial charge in [0.25, 0.3) is 5.56 Å². The van der Waals surface area contributed by atoms with Crippen molar-refractivity contribution in [3.63, 3.8) is 0 Å². The lowest BCUT2D eigenvalue weighted by atomic mass is 10.1. The summed E-state index contributed by atoms with van der Waals surface area (Å²) in [6, 6.07) is 10.3. The summed E-state index contributed by atoms with van der Waals surface area (Å²) in [4.78, 5) is 15.4. The minimum absolute atomic E-state index is 0.186. The molecule has 84 valence electrons. The number of nitrogens with zero attached hydrogens (tertiary/aromatic N) is 3. The van der Waals surface area contributed by atoms with E-state index in [1.165, 1.54) is 17.0 Å². The number of aromatic nitrogens is 2. The Balaban J connectivity index is 2.26. The van der Waals surface area contributed by atoms with Crippen molar-refractivity contribution in [1.82, 2.24) is 9.55 Å². The molecule has 0 amide bonds. The van der Waals surface area contributed by atoms with Gasteiger partial charge in [0.1, 0.15) is 5.15 Å². The molecule has 17 heavy (non-hydrogen) atoms. The summed E-state index contributed by atoms with van der Waals surface area (Å²) in [5.74, 6) is 0. The summed E-state index contributed by atoms with van der Waals surface area (Å²) in [6.07, 6.45) is 1.41. The van der Waals surface area contributed by atoms with Gasteiger partial charge >= 0.3 is 0 Å². The number of rotatable bonds is 2. The fourth-order valence-electron chi connectivity index (χ4n) is 1.40. The summed E-state index contributed by atoms with van der Waals surface area (Å²) >= 11 is 5.60. The average molecular weight is 246 g/mol. The lowest BCUT2D eigenvalue weighted by molar-refractivity contribution is 0.736. The van der Waals surface area contributed by atoms with Crippen LogP contribution in [0.4, 0.5) is 0 Å². The van der Waals surface area contributed by atoms with E-state index in [2.05, 4.69) is 4.98 Å². The lowest BCUT2D eigenvalue weighted by Crippen LogP contribution is -2.19. The van der Waals surface area contributed by atoms with E-state index in [0.29, 0.717) is 12.1 Å². The normalized spacial score (nSPS) is 9.88. The molecule has 2 rings (SSSR count). The summed E-state index contributed by atoms with van der Waals surface area (Å²) in [5, 5.41) is 8.85. The topological polar surface area (TPSA) is 58.7 Å².